The monoisotopic (exact) mass is 655 g/mol. The van der Waals surface area contributed by atoms with Crippen LogP contribution in [-0.4, -0.2) is 41.2 Å². The highest BCUT2D eigenvalue weighted by atomic mass is 32.2. The zero-order valence-electron chi connectivity index (χ0n) is 24.3. The molecule has 1 saturated heterocycles. The quantitative estimate of drug-likeness (QED) is 0.199. The number of amides is 3. The first kappa shape index (κ1) is 29.8. The van der Waals surface area contributed by atoms with Gasteiger partial charge in [0.05, 0.1) is 23.2 Å². The lowest BCUT2D eigenvalue weighted by molar-refractivity contribution is -0.122. The minimum Gasteiger partial charge on any atom is -0.490 e. The Labute approximate surface area is 270 Å². The standard InChI is InChI=1S/C34H26FN3O6S2/c1-2-43-25-16-19(10-15-24(25)44-17-26(39)36-23-9-5-7-18-6-3-4-8-22(18)23)27-28-30(45-31-29(27)46-34(42)37-31)33(41)38(32(28)40)21-13-11-20(35)12-14-21/h3-16,27-28,30H,2,17H2,1H3,(H,36,39)(H,37,42)/t27-,28?,30?/m1/s1. The number of halogens is 1. The van der Waals surface area contributed by atoms with E-state index in [2.05, 4.69) is 10.3 Å². The first-order valence-electron chi connectivity index (χ1n) is 14.5. The Hall–Kier alpha value is -4.94. The minimum atomic E-state index is -0.825. The molecule has 3 amide bonds. The van der Waals surface area contributed by atoms with Gasteiger partial charge in [0.2, 0.25) is 11.8 Å². The summed E-state index contributed by atoms with van der Waals surface area (Å²) in [7, 11) is 0. The molecule has 1 aromatic heterocycles. The molecule has 12 heteroatoms. The molecule has 2 unspecified atom stereocenters. The van der Waals surface area contributed by atoms with E-state index in [0.717, 1.165) is 38.8 Å². The van der Waals surface area contributed by atoms with Crippen molar-refractivity contribution in [1.82, 2.24) is 4.98 Å². The van der Waals surface area contributed by atoms with Crippen LogP contribution in [0.5, 0.6) is 11.5 Å². The van der Waals surface area contributed by atoms with Gasteiger partial charge in [0.25, 0.3) is 5.91 Å². The highest BCUT2D eigenvalue weighted by molar-refractivity contribution is 8.00. The van der Waals surface area contributed by atoms with Gasteiger partial charge in [0.15, 0.2) is 18.1 Å². The molecule has 5 aromatic rings. The normalized spacial score (nSPS) is 18.7. The first-order valence-corrected chi connectivity index (χ1v) is 16.2. The number of aromatic amines is 1. The van der Waals surface area contributed by atoms with Crippen molar-refractivity contribution in [3.05, 3.63) is 111 Å². The molecule has 7 rings (SSSR count). The number of thiazole rings is 1. The molecular formula is C34H26FN3O6S2. The van der Waals surface area contributed by atoms with Gasteiger partial charge in [-0.05, 0) is 60.3 Å². The number of benzene rings is 4. The fourth-order valence-electron chi connectivity index (χ4n) is 5.99. The Morgan fingerprint density at radius 1 is 0.935 bits per heavy atom. The lowest BCUT2D eigenvalue weighted by Gasteiger charge is -2.30. The number of nitrogens with zero attached hydrogens (tertiary/aromatic N) is 1. The van der Waals surface area contributed by atoms with E-state index in [9.17, 15) is 23.6 Å². The summed E-state index contributed by atoms with van der Waals surface area (Å²) in [6.07, 6.45) is 0. The van der Waals surface area contributed by atoms with Gasteiger partial charge in [-0.2, -0.15) is 0 Å². The van der Waals surface area contributed by atoms with Crippen molar-refractivity contribution < 1.29 is 28.2 Å². The summed E-state index contributed by atoms with van der Waals surface area (Å²) in [6.45, 7) is 1.83. The molecule has 2 N–H and O–H groups in total. The second-order valence-corrected chi connectivity index (χ2v) is 12.9. The second kappa shape index (κ2) is 12.1. The number of imide groups is 1. The Morgan fingerprint density at radius 2 is 1.72 bits per heavy atom. The van der Waals surface area contributed by atoms with Crippen LogP contribution in [0.4, 0.5) is 15.8 Å². The van der Waals surface area contributed by atoms with Crippen LogP contribution in [-0.2, 0) is 14.4 Å². The summed E-state index contributed by atoms with van der Waals surface area (Å²) in [5, 5.41) is 4.54. The number of hydrogen-bond donors (Lipinski definition) is 2. The lowest BCUT2D eigenvalue weighted by Crippen LogP contribution is -2.32. The minimum absolute atomic E-state index is 0.280. The van der Waals surface area contributed by atoms with Crippen LogP contribution in [0.25, 0.3) is 10.8 Å². The number of H-pyrrole nitrogens is 1. The fraction of sp³-hybridized carbons (Fsp3) is 0.176. The van der Waals surface area contributed by atoms with E-state index in [1.165, 1.54) is 24.3 Å². The van der Waals surface area contributed by atoms with Crippen molar-refractivity contribution >= 4 is 63.0 Å². The number of nitrogens with one attached hydrogen (secondary N) is 2. The third-order valence-electron chi connectivity index (χ3n) is 7.96. The van der Waals surface area contributed by atoms with E-state index in [0.29, 0.717) is 39.3 Å². The van der Waals surface area contributed by atoms with Gasteiger partial charge >= 0.3 is 4.87 Å². The average Bonchev–Trinajstić information content (AvgIpc) is 3.55. The smallest absolute Gasteiger partial charge is 0.305 e. The van der Waals surface area contributed by atoms with Crippen LogP contribution in [0.3, 0.4) is 0 Å². The molecule has 9 nitrogen and oxygen atoms in total. The molecule has 3 heterocycles. The van der Waals surface area contributed by atoms with Gasteiger partial charge in [-0.15, -0.1) is 0 Å². The Bertz CT molecular complexity index is 2060. The van der Waals surface area contributed by atoms with Crippen LogP contribution in [0.1, 0.15) is 23.3 Å². The maximum atomic E-state index is 13.9. The van der Waals surface area contributed by atoms with Crippen LogP contribution < -0.4 is 24.6 Å². The summed E-state index contributed by atoms with van der Waals surface area (Å²) in [5.41, 5.74) is 1.59. The second-order valence-electron chi connectivity index (χ2n) is 10.7. The molecule has 232 valence electrons. The maximum absolute atomic E-state index is 13.9. The fourth-order valence-corrected chi connectivity index (χ4v) is 8.51. The first-order chi connectivity index (χ1) is 22.3. The topological polar surface area (TPSA) is 118 Å². The number of rotatable bonds is 8. The molecule has 2 aliphatic rings. The predicted molar refractivity (Wildman–Crippen MR) is 174 cm³/mol. The summed E-state index contributed by atoms with van der Waals surface area (Å²) in [4.78, 5) is 57.2. The summed E-state index contributed by atoms with van der Waals surface area (Å²) < 4.78 is 25.5. The van der Waals surface area contributed by atoms with Gasteiger partial charge in [0.1, 0.15) is 11.1 Å². The molecule has 46 heavy (non-hydrogen) atoms. The van der Waals surface area contributed by atoms with Crippen molar-refractivity contribution in [2.45, 2.75) is 23.1 Å². The van der Waals surface area contributed by atoms with Crippen molar-refractivity contribution in [3.8, 4) is 11.5 Å². The molecule has 0 aliphatic carbocycles. The number of carbonyl (C=O) groups is 3. The van der Waals surface area contributed by atoms with E-state index in [4.69, 9.17) is 9.47 Å². The molecule has 0 radical (unpaired) electrons. The molecule has 3 atom stereocenters. The Kier molecular flexibility index (Phi) is 7.83. The SMILES string of the molecule is CCOc1cc([C@H]2c3sc(=O)[nH]c3SC3C(=O)N(c4ccc(F)cc4)C(=O)C32)ccc1OCC(=O)Nc1cccc2ccccc12. The summed E-state index contributed by atoms with van der Waals surface area (Å²) in [5.74, 6) is -2.50. The molecule has 2 aliphatic heterocycles. The van der Waals surface area contributed by atoms with Crippen molar-refractivity contribution in [2.24, 2.45) is 5.92 Å². The predicted octanol–water partition coefficient (Wildman–Crippen LogP) is 5.94. The van der Waals surface area contributed by atoms with Crippen LogP contribution >= 0.6 is 23.1 Å². The molecular weight excluding hydrogens is 630 g/mol. The zero-order chi connectivity index (χ0) is 31.9. The van der Waals surface area contributed by atoms with E-state index in [1.54, 1.807) is 18.2 Å². The van der Waals surface area contributed by atoms with Gasteiger partial charge < -0.3 is 19.8 Å². The highest BCUT2D eigenvalue weighted by Gasteiger charge is 2.56. The van der Waals surface area contributed by atoms with Gasteiger partial charge in [-0.25, -0.2) is 9.29 Å². The van der Waals surface area contributed by atoms with Crippen LogP contribution in [0, 0.1) is 11.7 Å². The summed E-state index contributed by atoms with van der Waals surface area (Å²) >= 11 is 2.15. The van der Waals surface area contributed by atoms with Gasteiger partial charge in [0, 0.05) is 21.9 Å². The number of anilines is 2. The van der Waals surface area contributed by atoms with Gasteiger partial charge in [-0.3, -0.25) is 19.2 Å². The van der Waals surface area contributed by atoms with Crippen LogP contribution in [0.15, 0.2) is 94.7 Å². The average molecular weight is 656 g/mol. The third kappa shape index (κ3) is 5.33. The van der Waals surface area contributed by atoms with Gasteiger partial charge in [-0.1, -0.05) is 65.6 Å². The number of fused-ring (bicyclic) bond motifs is 3. The van der Waals surface area contributed by atoms with E-state index >= 15 is 0 Å². The Morgan fingerprint density at radius 3 is 2.52 bits per heavy atom. The molecule has 0 saturated carbocycles. The summed E-state index contributed by atoms with van der Waals surface area (Å²) in [6, 6.07) is 23.7. The van der Waals surface area contributed by atoms with Crippen molar-refractivity contribution in [3.63, 3.8) is 0 Å². The Balaban J connectivity index is 1.18. The largest absolute Gasteiger partial charge is 0.490 e. The number of thioether (sulfide) groups is 1. The number of hydrogen-bond acceptors (Lipinski definition) is 8. The van der Waals surface area contributed by atoms with Crippen molar-refractivity contribution in [2.75, 3.05) is 23.4 Å². The van der Waals surface area contributed by atoms with Crippen LogP contribution in [0.2, 0.25) is 0 Å². The zero-order valence-corrected chi connectivity index (χ0v) is 26.0. The molecule has 4 aromatic carbocycles. The van der Waals surface area contributed by atoms with E-state index in [1.807, 2.05) is 49.4 Å². The molecule has 0 bridgehead atoms. The number of aromatic nitrogens is 1. The van der Waals surface area contributed by atoms with E-state index in [-0.39, 0.29) is 23.1 Å². The lowest BCUT2D eigenvalue weighted by atomic mass is 9.83. The van der Waals surface area contributed by atoms with E-state index < -0.39 is 34.7 Å². The van der Waals surface area contributed by atoms with Crippen molar-refractivity contribution in [1.29, 1.82) is 0 Å². The maximum Gasteiger partial charge on any atom is 0.305 e. The third-order valence-corrected chi connectivity index (χ3v) is 10.4. The molecule has 0 spiro atoms. The highest BCUT2D eigenvalue weighted by Crippen LogP contribution is 2.53. The number of carbonyl (C=O) groups excluding carboxylic acids is 3. The number of ether oxygens (including phenoxy) is 2. The molecule has 1 fully saturated rings.